The highest BCUT2D eigenvalue weighted by atomic mass is 15.1. The minimum absolute atomic E-state index is 0.394. The number of nitrogens with zero attached hydrogens (tertiary/aromatic N) is 2. The summed E-state index contributed by atoms with van der Waals surface area (Å²) in [6, 6.07) is 10.3. The van der Waals surface area contributed by atoms with Crippen LogP contribution in [0.2, 0.25) is 0 Å². The Balaban J connectivity index is 2.14. The second-order valence-corrected chi connectivity index (χ2v) is 6.61. The first-order chi connectivity index (χ1) is 9.02. The van der Waals surface area contributed by atoms with Gasteiger partial charge in [0.15, 0.2) is 0 Å². The quantitative estimate of drug-likeness (QED) is 0.752. The van der Waals surface area contributed by atoms with E-state index in [1.165, 1.54) is 19.3 Å². The lowest BCUT2D eigenvalue weighted by molar-refractivity contribution is 0.220. The molecule has 1 aromatic rings. The maximum Gasteiger partial charge on any atom is 0.101 e. The molecule has 2 heteroatoms. The van der Waals surface area contributed by atoms with Gasteiger partial charge in [0.2, 0.25) is 0 Å². The number of hydrogen-bond acceptors (Lipinski definition) is 2. The van der Waals surface area contributed by atoms with Crippen molar-refractivity contribution in [1.29, 1.82) is 5.26 Å². The molecule has 1 atom stereocenters. The number of hydrogen-bond donors (Lipinski definition) is 0. The van der Waals surface area contributed by atoms with E-state index in [4.69, 9.17) is 0 Å². The first-order valence-electron chi connectivity index (χ1n) is 7.26. The van der Waals surface area contributed by atoms with Gasteiger partial charge in [-0.1, -0.05) is 32.9 Å². The van der Waals surface area contributed by atoms with E-state index >= 15 is 0 Å². The van der Waals surface area contributed by atoms with E-state index in [9.17, 15) is 5.26 Å². The van der Waals surface area contributed by atoms with Gasteiger partial charge in [-0.05, 0) is 42.7 Å². The fourth-order valence-electron chi connectivity index (χ4n) is 3.05. The molecule has 0 amide bonds. The van der Waals surface area contributed by atoms with Crippen molar-refractivity contribution in [2.75, 3.05) is 18.0 Å². The number of rotatable bonds is 1. The maximum absolute atomic E-state index is 9.22. The zero-order valence-electron chi connectivity index (χ0n) is 12.3. The van der Waals surface area contributed by atoms with Gasteiger partial charge < -0.3 is 4.90 Å². The van der Waals surface area contributed by atoms with Gasteiger partial charge in [0.1, 0.15) is 6.07 Å². The Morgan fingerprint density at radius 2 is 1.89 bits per heavy atom. The second-order valence-electron chi connectivity index (χ2n) is 6.61. The molecular formula is C17H24N2. The lowest BCUT2D eigenvalue weighted by atomic mass is 9.77. The van der Waals surface area contributed by atoms with Gasteiger partial charge in [0, 0.05) is 13.1 Å². The Kier molecular flexibility index (Phi) is 4.14. The molecule has 1 fully saturated rings. The van der Waals surface area contributed by atoms with Crippen molar-refractivity contribution in [3.63, 3.8) is 0 Å². The van der Waals surface area contributed by atoms with Gasteiger partial charge in [-0.25, -0.2) is 0 Å². The Bertz CT molecular complexity index is 465. The normalized spacial score (nSPS) is 20.7. The van der Waals surface area contributed by atoms with E-state index in [0.717, 1.165) is 30.3 Å². The van der Waals surface area contributed by atoms with E-state index < -0.39 is 0 Å². The average molecular weight is 256 g/mol. The summed E-state index contributed by atoms with van der Waals surface area (Å²) in [4.78, 5) is 2.39. The second kappa shape index (κ2) is 5.65. The first-order valence-corrected chi connectivity index (χ1v) is 7.26. The summed E-state index contributed by atoms with van der Waals surface area (Å²) in [5, 5.41) is 9.22. The lowest BCUT2D eigenvalue weighted by Gasteiger charge is -2.30. The summed E-state index contributed by atoms with van der Waals surface area (Å²) in [6.07, 6.45) is 3.75. The van der Waals surface area contributed by atoms with Crippen LogP contribution in [-0.2, 0) is 0 Å². The lowest BCUT2D eigenvalue weighted by Crippen LogP contribution is -2.26. The summed E-state index contributed by atoms with van der Waals surface area (Å²) in [7, 11) is 0. The van der Waals surface area contributed by atoms with Crippen LogP contribution in [0.15, 0.2) is 24.3 Å². The Hall–Kier alpha value is -1.49. The summed E-state index contributed by atoms with van der Waals surface area (Å²) in [5.41, 5.74) is 2.31. The molecule has 2 rings (SSSR count). The van der Waals surface area contributed by atoms with Crippen LogP contribution in [0.3, 0.4) is 0 Å². The van der Waals surface area contributed by atoms with Gasteiger partial charge in [-0.3, -0.25) is 0 Å². The summed E-state index contributed by atoms with van der Waals surface area (Å²) >= 11 is 0. The molecule has 0 aliphatic carbocycles. The van der Waals surface area contributed by atoms with E-state index in [1.807, 2.05) is 18.2 Å². The molecule has 0 bridgehead atoms. The van der Waals surface area contributed by atoms with Gasteiger partial charge in [0.05, 0.1) is 11.3 Å². The van der Waals surface area contributed by atoms with Crippen molar-refractivity contribution >= 4 is 5.69 Å². The van der Waals surface area contributed by atoms with Crippen molar-refractivity contribution in [3.8, 4) is 6.07 Å². The van der Waals surface area contributed by atoms with Gasteiger partial charge in [-0.15, -0.1) is 0 Å². The molecule has 1 heterocycles. The fraction of sp³-hybridized carbons (Fsp3) is 0.588. The number of para-hydroxylation sites is 1. The number of benzene rings is 1. The molecule has 1 saturated heterocycles. The van der Waals surface area contributed by atoms with Crippen molar-refractivity contribution in [2.45, 2.75) is 40.0 Å². The summed E-state index contributed by atoms with van der Waals surface area (Å²) < 4.78 is 0. The van der Waals surface area contributed by atoms with Gasteiger partial charge >= 0.3 is 0 Å². The Morgan fingerprint density at radius 3 is 2.58 bits per heavy atom. The highest BCUT2D eigenvalue weighted by molar-refractivity contribution is 5.59. The third-order valence-corrected chi connectivity index (χ3v) is 4.32. The predicted molar refractivity (Wildman–Crippen MR) is 80.2 cm³/mol. The Morgan fingerprint density at radius 1 is 1.16 bits per heavy atom. The standard InChI is InChI=1S/C17H24N2/c1-17(2,3)15-8-6-11-19(12-10-15)16-9-5-4-7-14(16)13-18/h4-5,7,9,15H,6,8,10-12H2,1-3H3. The molecule has 0 N–H and O–H groups in total. The van der Waals surface area contributed by atoms with Gasteiger partial charge in [-0.2, -0.15) is 5.26 Å². The minimum Gasteiger partial charge on any atom is -0.370 e. The zero-order valence-corrected chi connectivity index (χ0v) is 12.3. The van der Waals surface area contributed by atoms with Gasteiger partial charge in [0.25, 0.3) is 0 Å². The molecule has 1 unspecified atom stereocenters. The monoisotopic (exact) mass is 256 g/mol. The molecule has 1 aliphatic rings. The highest BCUT2D eigenvalue weighted by Crippen LogP contribution is 2.35. The molecule has 0 spiro atoms. The third kappa shape index (κ3) is 3.29. The molecule has 19 heavy (non-hydrogen) atoms. The van der Waals surface area contributed by atoms with Crippen LogP contribution in [0.5, 0.6) is 0 Å². The minimum atomic E-state index is 0.394. The molecule has 2 nitrogen and oxygen atoms in total. The molecule has 1 aromatic carbocycles. The Labute approximate surface area is 117 Å². The molecule has 0 saturated carbocycles. The molecular weight excluding hydrogens is 232 g/mol. The summed E-state index contributed by atoms with van der Waals surface area (Å²) in [6.45, 7) is 9.18. The van der Waals surface area contributed by atoms with E-state index in [0.29, 0.717) is 5.41 Å². The van der Waals surface area contributed by atoms with Crippen molar-refractivity contribution in [2.24, 2.45) is 11.3 Å². The first kappa shape index (κ1) is 13.9. The van der Waals surface area contributed by atoms with Crippen LogP contribution in [0.25, 0.3) is 0 Å². The van der Waals surface area contributed by atoms with Crippen molar-refractivity contribution in [1.82, 2.24) is 0 Å². The van der Waals surface area contributed by atoms with Crippen LogP contribution in [0, 0.1) is 22.7 Å². The predicted octanol–water partition coefficient (Wildman–Crippen LogP) is 4.21. The van der Waals surface area contributed by atoms with Crippen LogP contribution in [-0.4, -0.2) is 13.1 Å². The highest BCUT2D eigenvalue weighted by Gasteiger charge is 2.27. The third-order valence-electron chi connectivity index (χ3n) is 4.32. The van der Waals surface area contributed by atoms with E-state index in [1.54, 1.807) is 0 Å². The van der Waals surface area contributed by atoms with Crippen LogP contribution < -0.4 is 4.90 Å². The largest absolute Gasteiger partial charge is 0.370 e. The van der Waals surface area contributed by atoms with Crippen LogP contribution in [0.1, 0.15) is 45.6 Å². The zero-order chi connectivity index (χ0) is 13.9. The van der Waals surface area contributed by atoms with Crippen molar-refractivity contribution in [3.05, 3.63) is 29.8 Å². The smallest absolute Gasteiger partial charge is 0.101 e. The van der Waals surface area contributed by atoms with Crippen LogP contribution >= 0.6 is 0 Å². The number of nitriles is 1. The average Bonchev–Trinajstić information content (AvgIpc) is 2.64. The van der Waals surface area contributed by atoms with Crippen molar-refractivity contribution < 1.29 is 0 Å². The van der Waals surface area contributed by atoms with E-state index in [2.05, 4.69) is 37.8 Å². The SMILES string of the molecule is CC(C)(C)C1CCCN(c2ccccc2C#N)CC1. The topological polar surface area (TPSA) is 27.0 Å². The summed E-state index contributed by atoms with van der Waals surface area (Å²) in [5.74, 6) is 0.784. The fourth-order valence-corrected chi connectivity index (χ4v) is 3.05. The van der Waals surface area contributed by atoms with E-state index in [-0.39, 0.29) is 0 Å². The molecule has 0 radical (unpaired) electrons. The molecule has 1 aliphatic heterocycles. The molecule has 0 aromatic heterocycles. The number of anilines is 1. The van der Waals surface area contributed by atoms with Crippen LogP contribution in [0.4, 0.5) is 5.69 Å². The maximum atomic E-state index is 9.22. The molecule has 102 valence electrons.